The largest absolute Gasteiger partial charge is 0.481 e. The van der Waals surface area contributed by atoms with E-state index >= 15 is 0 Å². The van der Waals surface area contributed by atoms with Gasteiger partial charge in [0.1, 0.15) is 5.82 Å². The fourth-order valence-electron chi connectivity index (χ4n) is 1.16. The van der Waals surface area contributed by atoms with Gasteiger partial charge in [-0.05, 0) is 24.1 Å². The molecule has 3 nitrogen and oxygen atoms in total. The summed E-state index contributed by atoms with van der Waals surface area (Å²) in [6.45, 7) is 1.64. The molecular weight excluding hydrogens is 185 g/mol. The minimum atomic E-state index is -1.09. The highest BCUT2D eigenvalue weighted by atomic mass is 19.1. The zero-order chi connectivity index (χ0) is 10.7. The van der Waals surface area contributed by atoms with E-state index in [2.05, 4.69) is 0 Å². The number of nitriles is 1. The second-order valence-electron chi connectivity index (χ2n) is 2.94. The van der Waals surface area contributed by atoms with E-state index in [1.807, 2.05) is 6.07 Å². The van der Waals surface area contributed by atoms with Gasteiger partial charge in [0.15, 0.2) is 0 Å². The number of aliphatic carboxylic acids is 1. The van der Waals surface area contributed by atoms with E-state index in [4.69, 9.17) is 10.4 Å². The molecule has 0 aliphatic rings. The van der Waals surface area contributed by atoms with Crippen molar-refractivity contribution >= 4 is 5.97 Å². The number of rotatable bonds is 2. The van der Waals surface area contributed by atoms with E-state index in [0.29, 0.717) is 5.56 Å². The summed E-state index contributed by atoms with van der Waals surface area (Å²) in [6, 6.07) is 4.28. The lowest BCUT2D eigenvalue weighted by Crippen LogP contribution is -2.03. The Morgan fingerprint density at radius 2 is 2.29 bits per heavy atom. The van der Waals surface area contributed by atoms with Crippen molar-refractivity contribution in [1.29, 1.82) is 5.26 Å². The smallest absolute Gasteiger partial charge is 0.307 e. The predicted octanol–water partition coefficient (Wildman–Crippen LogP) is 1.63. The average molecular weight is 193 g/mol. The molecule has 0 spiro atoms. The minimum absolute atomic E-state index is 0.106. The number of halogens is 1. The van der Waals surface area contributed by atoms with Gasteiger partial charge in [-0.1, -0.05) is 6.07 Å². The highest BCUT2D eigenvalue weighted by Gasteiger charge is 2.09. The molecule has 0 aromatic heterocycles. The van der Waals surface area contributed by atoms with Gasteiger partial charge in [0, 0.05) is 0 Å². The molecule has 1 N–H and O–H groups in total. The number of carboxylic acid groups (broad SMARTS) is 1. The average Bonchev–Trinajstić information content (AvgIpc) is 2.10. The summed E-state index contributed by atoms with van der Waals surface area (Å²) in [5.41, 5.74) is 0.927. The van der Waals surface area contributed by atoms with E-state index in [9.17, 15) is 9.18 Å². The van der Waals surface area contributed by atoms with Crippen LogP contribution in [-0.2, 0) is 11.2 Å². The molecule has 1 aromatic carbocycles. The second-order valence-corrected chi connectivity index (χ2v) is 2.94. The van der Waals surface area contributed by atoms with E-state index in [-0.39, 0.29) is 17.5 Å². The van der Waals surface area contributed by atoms with Crippen LogP contribution in [0.4, 0.5) is 4.39 Å². The number of aryl methyl sites for hydroxylation is 1. The van der Waals surface area contributed by atoms with E-state index in [0.717, 1.165) is 6.07 Å². The summed E-state index contributed by atoms with van der Waals surface area (Å²) in [5.74, 6) is -1.73. The number of carboxylic acids is 1. The van der Waals surface area contributed by atoms with Crippen molar-refractivity contribution in [2.45, 2.75) is 13.3 Å². The van der Waals surface area contributed by atoms with Gasteiger partial charge >= 0.3 is 5.97 Å². The monoisotopic (exact) mass is 193 g/mol. The predicted molar refractivity (Wildman–Crippen MR) is 47.2 cm³/mol. The quantitative estimate of drug-likeness (QED) is 0.776. The molecule has 0 aliphatic heterocycles. The Hall–Kier alpha value is -1.89. The lowest BCUT2D eigenvalue weighted by atomic mass is 10.0. The Labute approximate surface area is 80.4 Å². The highest BCUT2D eigenvalue weighted by molar-refractivity contribution is 5.70. The van der Waals surface area contributed by atoms with Crippen molar-refractivity contribution in [1.82, 2.24) is 0 Å². The number of nitrogens with zero attached hydrogens (tertiary/aromatic N) is 1. The maximum atomic E-state index is 13.2. The van der Waals surface area contributed by atoms with Crippen LogP contribution in [0, 0.1) is 24.1 Å². The first-order chi connectivity index (χ1) is 6.54. The summed E-state index contributed by atoms with van der Waals surface area (Å²) >= 11 is 0. The first-order valence-corrected chi connectivity index (χ1v) is 3.95. The maximum absolute atomic E-state index is 13.2. The van der Waals surface area contributed by atoms with Gasteiger partial charge in [-0.15, -0.1) is 0 Å². The van der Waals surface area contributed by atoms with Gasteiger partial charge in [0.05, 0.1) is 18.1 Å². The second kappa shape index (κ2) is 3.88. The van der Waals surface area contributed by atoms with Crippen molar-refractivity contribution in [3.63, 3.8) is 0 Å². The Balaban J connectivity index is 3.16. The third-order valence-corrected chi connectivity index (χ3v) is 1.86. The van der Waals surface area contributed by atoms with Crippen molar-refractivity contribution in [2.24, 2.45) is 0 Å². The van der Waals surface area contributed by atoms with E-state index in [1.54, 1.807) is 6.92 Å². The molecule has 1 aromatic rings. The minimum Gasteiger partial charge on any atom is -0.481 e. The molecule has 4 heteroatoms. The molecule has 14 heavy (non-hydrogen) atoms. The van der Waals surface area contributed by atoms with Gasteiger partial charge in [-0.3, -0.25) is 4.79 Å². The zero-order valence-corrected chi connectivity index (χ0v) is 7.54. The van der Waals surface area contributed by atoms with Gasteiger partial charge < -0.3 is 5.11 Å². The molecule has 0 atom stereocenters. The Morgan fingerprint density at radius 3 is 2.79 bits per heavy atom. The standard InChI is InChI=1S/C10H8FNO2/c1-6-2-7(4-10(13)14)9(11)3-8(6)5-12/h2-3H,4H2,1H3,(H,13,14). The van der Waals surface area contributed by atoms with Crippen LogP contribution in [0.3, 0.4) is 0 Å². The third kappa shape index (κ3) is 2.07. The van der Waals surface area contributed by atoms with Crippen LogP contribution in [0.25, 0.3) is 0 Å². The summed E-state index contributed by atoms with van der Waals surface area (Å²) in [4.78, 5) is 10.4. The molecule has 0 bridgehead atoms. The van der Waals surface area contributed by atoms with Crippen LogP contribution in [0.5, 0.6) is 0 Å². The Bertz CT molecular complexity index is 421. The number of hydrogen-bond donors (Lipinski definition) is 1. The zero-order valence-electron chi connectivity index (χ0n) is 7.54. The van der Waals surface area contributed by atoms with E-state index < -0.39 is 11.8 Å². The van der Waals surface area contributed by atoms with Crippen LogP contribution in [0.1, 0.15) is 16.7 Å². The molecule has 0 radical (unpaired) electrons. The van der Waals surface area contributed by atoms with Gasteiger partial charge in [-0.25, -0.2) is 4.39 Å². The number of hydrogen-bond acceptors (Lipinski definition) is 2. The van der Waals surface area contributed by atoms with Gasteiger partial charge in [0.25, 0.3) is 0 Å². The molecule has 0 amide bonds. The fraction of sp³-hybridized carbons (Fsp3) is 0.200. The van der Waals surface area contributed by atoms with Crippen LogP contribution in [0.2, 0.25) is 0 Å². The fourth-order valence-corrected chi connectivity index (χ4v) is 1.16. The maximum Gasteiger partial charge on any atom is 0.307 e. The molecule has 0 unspecified atom stereocenters. The van der Waals surface area contributed by atoms with Crippen LogP contribution in [0.15, 0.2) is 12.1 Å². The van der Waals surface area contributed by atoms with Crippen LogP contribution < -0.4 is 0 Å². The van der Waals surface area contributed by atoms with Crippen LogP contribution in [-0.4, -0.2) is 11.1 Å². The van der Waals surface area contributed by atoms with Crippen molar-refractivity contribution in [3.8, 4) is 6.07 Å². The molecule has 0 aliphatic carbocycles. The Kier molecular flexibility index (Phi) is 2.82. The third-order valence-electron chi connectivity index (χ3n) is 1.86. The number of benzene rings is 1. The lowest BCUT2D eigenvalue weighted by Gasteiger charge is -2.03. The first-order valence-electron chi connectivity index (χ1n) is 3.95. The normalized spacial score (nSPS) is 9.50. The SMILES string of the molecule is Cc1cc(CC(=O)O)c(F)cc1C#N. The molecule has 0 saturated carbocycles. The molecular formula is C10H8FNO2. The Morgan fingerprint density at radius 1 is 1.64 bits per heavy atom. The van der Waals surface area contributed by atoms with Gasteiger partial charge in [0.2, 0.25) is 0 Å². The van der Waals surface area contributed by atoms with Crippen LogP contribution >= 0.6 is 0 Å². The first kappa shape index (κ1) is 10.2. The highest BCUT2D eigenvalue weighted by Crippen LogP contribution is 2.15. The van der Waals surface area contributed by atoms with Crippen molar-refractivity contribution in [3.05, 3.63) is 34.6 Å². The molecule has 1 rings (SSSR count). The molecule has 0 saturated heterocycles. The lowest BCUT2D eigenvalue weighted by molar-refractivity contribution is -0.136. The van der Waals surface area contributed by atoms with Gasteiger partial charge in [-0.2, -0.15) is 5.26 Å². The number of carbonyl (C=O) groups is 1. The summed E-state index contributed by atoms with van der Waals surface area (Å²) in [7, 11) is 0. The topological polar surface area (TPSA) is 61.1 Å². The summed E-state index contributed by atoms with van der Waals surface area (Å²) in [5, 5.41) is 17.1. The molecule has 0 heterocycles. The molecule has 0 fully saturated rings. The van der Waals surface area contributed by atoms with Crippen molar-refractivity contribution in [2.75, 3.05) is 0 Å². The molecule has 72 valence electrons. The summed E-state index contributed by atoms with van der Waals surface area (Å²) in [6.07, 6.45) is -0.363. The van der Waals surface area contributed by atoms with Crippen molar-refractivity contribution < 1.29 is 14.3 Å². The van der Waals surface area contributed by atoms with E-state index in [1.165, 1.54) is 6.07 Å². The summed E-state index contributed by atoms with van der Waals surface area (Å²) < 4.78 is 13.2.